The Hall–Kier alpha value is -2.81. The van der Waals surface area contributed by atoms with Crippen molar-refractivity contribution in [3.63, 3.8) is 0 Å². The average Bonchev–Trinajstić information content (AvgIpc) is 3.17. The Kier molecular flexibility index (Phi) is 5.08. The van der Waals surface area contributed by atoms with Gasteiger partial charge in [0.25, 0.3) is 0 Å². The fraction of sp³-hybridized carbons (Fsp3) is 0.238. The molecule has 0 bridgehead atoms. The van der Waals surface area contributed by atoms with Gasteiger partial charge in [0.15, 0.2) is 12.4 Å². The molecule has 0 unspecified atom stereocenters. The summed E-state index contributed by atoms with van der Waals surface area (Å²) in [7, 11) is 6.56. The summed E-state index contributed by atoms with van der Waals surface area (Å²) in [5, 5.41) is 0. The standard InChI is InChI=1S/C21H23N4O3S/c1-24-13-25(2,3)12-17-10-16(8-9-18(17)24)20-22-11-19(27-20)14-4-6-15(7-5-14)21(26)28-23-29/h4-11,23,29H,12-13H2,1-3H3/q+1. The second kappa shape index (κ2) is 7.55. The van der Waals surface area contributed by atoms with Crippen molar-refractivity contribution in [1.29, 1.82) is 0 Å². The minimum atomic E-state index is -0.509. The Labute approximate surface area is 175 Å². The van der Waals surface area contributed by atoms with E-state index in [2.05, 4.69) is 65.7 Å². The first-order valence-electron chi connectivity index (χ1n) is 9.19. The van der Waals surface area contributed by atoms with Gasteiger partial charge >= 0.3 is 5.97 Å². The van der Waals surface area contributed by atoms with Crippen LogP contribution in [0.25, 0.3) is 22.8 Å². The number of quaternary nitrogens is 1. The van der Waals surface area contributed by atoms with Crippen LogP contribution in [0.1, 0.15) is 15.9 Å². The maximum Gasteiger partial charge on any atom is 0.357 e. The molecule has 1 aliphatic heterocycles. The number of carbonyl (C=O) groups is 1. The zero-order valence-electron chi connectivity index (χ0n) is 16.5. The Bertz CT molecular complexity index is 1050. The molecule has 2 heterocycles. The summed E-state index contributed by atoms with van der Waals surface area (Å²) >= 11 is 3.65. The van der Waals surface area contributed by atoms with Crippen LogP contribution in [0.3, 0.4) is 0 Å². The zero-order valence-corrected chi connectivity index (χ0v) is 17.4. The van der Waals surface area contributed by atoms with E-state index in [9.17, 15) is 4.79 Å². The smallest absolute Gasteiger partial charge is 0.357 e. The van der Waals surface area contributed by atoms with Crippen LogP contribution in [-0.2, 0) is 11.4 Å². The average molecular weight is 412 g/mol. The van der Waals surface area contributed by atoms with Crippen molar-refractivity contribution in [2.75, 3.05) is 32.7 Å². The van der Waals surface area contributed by atoms with E-state index in [-0.39, 0.29) is 0 Å². The molecule has 150 valence electrons. The van der Waals surface area contributed by atoms with Gasteiger partial charge in [0, 0.05) is 29.4 Å². The Morgan fingerprint density at radius 2 is 1.93 bits per heavy atom. The number of carbonyl (C=O) groups excluding carboxylic acids is 1. The molecule has 3 aromatic rings. The molecule has 0 saturated carbocycles. The summed E-state index contributed by atoms with van der Waals surface area (Å²) in [5.41, 5.74) is 4.72. The van der Waals surface area contributed by atoms with Gasteiger partial charge in [-0.05, 0) is 30.3 Å². The van der Waals surface area contributed by atoms with E-state index in [0.717, 1.165) is 28.8 Å². The molecule has 0 spiro atoms. The second-order valence-electron chi connectivity index (χ2n) is 7.86. The van der Waals surface area contributed by atoms with Crippen molar-refractivity contribution in [3.05, 3.63) is 59.8 Å². The molecule has 0 fully saturated rings. The first-order chi connectivity index (χ1) is 13.9. The van der Waals surface area contributed by atoms with Gasteiger partial charge in [-0.3, -0.25) is 0 Å². The number of aromatic nitrogens is 1. The van der Waals surface area contributed by atoms with E-state index in [1.54, 1.807) is 30.5 Å². The number of anilines is 1. The zero-order chi connectivity index (χ0) is 20.6. The second-order valence-corrected chi connectivity index (χ2v) is 8.05. The lowest BCUT2D eigenvalue weighted by molar-refractivity contribution is -0.904. The fourth-order valence-corrected chi connectivity index (χ4v) is 3.87. The quantitative estimate of drug-likeness (QED) is 0.389. The van der Waals surface area contributed by atoms with Gasteiger partial charge in [-0.1, -0.05) is 29.8 Å². The lowest BCUT2D eigenvalue weighted by Gasteiger charge is -2.40. The molecule has 1 aromatic heterocycles. The van der Waals surface area contributed by atoms with Gasteiger partial charge in [-0.15, -0.1) is 0 Å². The normalized spacial score (nSPS) is 15.1. The minimum absolute atomic E-state index is 0.412. The molecule has 0 saturated heterocycles. The molecule has 1 aliphatic rings. The maximum atomic E-state index is 11.7. The number of rotatable bonds is 4. The Balaban J connectivity index is 1.59. The highest BCUT2D eigenvalue weighted by atomic mass is 32.1. The third-order valence-electron chi connectivity index (χ3n) is 4.98. The largest absolute Gasteiger partial charge is 0.436 e. The van der Waals surface area contributed by atoms with Gasteiger partial charge in [0.1, 0.15) is 6.54 Å². The van der Waals surface area contributed by atoms with Crippen LogP contribution in [0, 0.1) is 0 Å². The molecule has 4 rings (SSSR count). The number of thiol groups is 1. The first-order valence-corrected chi connectivity index (χ1v) is 9.64. The molecule has 7 nitrogen and oxygen atoms in total. The molecular formula is C21H23N4O3S+. The van der Waals surface area contributed by atoms with Gasteiger partial charge in [-0.2, -0.15) is 0 Å². The van der Waals surface area contributed by atoms with Crippen molar-refractivity contribution in [1.82, 2.24) is 9.87 Å². The predicted molar refractivity (Wildman–Crippen MR) is 114 cm³/mol. The monoisotopic (exact) mass is 411 g/mol. The number of nitrogens with one attached hydrogen (secondary N) is 1. The minimum Gasteiger partial charge on any atom is -0.436 e. The summed E-state index contributed by atoms with van der Waals surface area (Å²) in [6.45, 7) is 1.93. The highest BCUT2D eigenvalue weighted by Gasteiger charge is 2.28. The Morgan fingerprint density at radius 1 is 1.21 bits per heavy atom. The van der Waals surface area contributed by atoms with E-state index >= 15 is 0 Å². The highest BCUT2D eigenvalue weighted by Crippen LogP contribution is 2.33. The van der Waals surface area contributed by atoms with Crippen LogP contribution >= 0.6 is 12.8 Å². The summed E-state index contributed by atoms with van der Waals surface area (Å²) in [6, 6.07) is 13.2. The SMILES string of the molecule is CN1C[N+](C)(C)Cc2cc(-c3ncc(-c4ccc(C(=O)ONS)cc4)o3)ccc21. The van der Waals surface area contributed by atoms with E-state index in [1.807, 2.05) is 6.07 Å². The van der Waals surface area contributed by atoms with Crippen molar-refractivity contribution >= 4 is 24.5 Å². The van der Waals surface area contributed by atoms with E-state index < -0.39 is 5.97 Å². The summed E-state index contributed by atoms with van der Waals surface area (Å²) < 4.78 is 6.91. The molecule has 0 aliphatic carbocycles. The predicted octanol–water partition coefficient (Wildman–Crippen LogP) is 3.50. The van der Waals surface area contributed by atoms with Crippen molar-refractivity contribution in [3.8, 4) is 22.8 Å². The topological polar surface area (TPSA) is 67.6 Å². The number of hydrogen-bond acceptors (Lipinski definition) is 7. The molecule has 2 aromatic carbocycles. The van der Waals surface area contributed by atoms with Crippen molar-refractivity contribution in [2.45, 2.75) is 6.54 Å². The van der Waals surface area contributed by atoms with Crippen LogP contribution in [-0.4, -0.2) is 43.2 Å². The third kappa shape index (κ3) is 4.00. The maximum absolute atomic E-state index is 11.7. The number of hydrogen-bond donors (Lipinski definition) is 2. The van der Waals surface area contributed by atoms with Crippen LogP contribution in [0.2, 0.25) is 0 Å². The van der Waals surface area contributed by atoms with Gasteiger partial charge in [0.05, 0.1) is 25.9 Å². The molecule has 0 amide bonds. The first kappa shape index (κ1) is 19.5. The molecule has 1 N–H and O–H groups in total. The van der Waals surface area contributed by atoms with E-state index in [0.29, 0.717) is 17.2 Å². The lowest BCUT2D eigenvalue weighted by atomic mass is 10.0. The van der Waals surface area contributed by atoms with Crippen LogP contribution in [0.4, 0.5) is 5.69 Å². The van der Waals surface area contributed by atoms with Gasteiger partial charge < -0.3 is 18.6 Å². The van der Waals surface area contributed by atoms with Gasteiger partial charge in [0.2, 0.25) is 5.89 Å². The number of fused-ring (bicyclic) bond motifs is 1. The van der Waals surface area contributed by atoms with E-state index in [1.165, 1.54) is 11.3 Å². The molecular weight excluding hydrogens is 388 g/mol. The Morgan fingerprint density at radius 3 is 2.66 bits per heavy atom. The lowest BCUT2D eigenvalue weighted by Crippen LogP contribution is -2.50. The third-order valence-corrected chi connectivity index (χ3v) is 5.07. The van der Waals surface area contributed by atoms with Crippen molar-refractivity contribution < 1.29 is 18.5 Å². The summed E-state index contributed by atoms with van der Waals surface area (Å²) in [5.74, 6) is 0.701. The van der Waals surface area contributed by atoms with Crippen LogP contribution in [0.15, 0.2) is 53.1 Å². The summed E-state index contributed by atoms with van der Waals surface area (Å²) in [4.78, 5) is 25.1. The molecule has 8 heteroatoms. The molecule has 0 radical (unpaired) electrons. The number of oxazole rings is 1. The highest BCUT2D eigenvalue weighted by molar-refractivity contribution is 7.77. The number of benzene rings is 2. The van der Waals surface area contributed by atoms with Crippen LogP contribution < -0.4 is 9.79 Å². The van der Waals surface area contributed by atoms with E-state index in [4.69, 9.17) is 4.42 Å². The van der Waals surface area contributed by atoms with Crippen molar-refractivity contribution in [2.24, 2.45) is 0 Å². The van der Waals surface area contributed by atoms with Crippen LogP contribution in [0.5, 0.6) is 0 Å². The fourth-order valence-electron chi connectivity index (χ4n) is 3.79. The van der Waals surface area contributed by atoms with Gasteiger partial charge in [-0.25, -0.2) is 9.78 Å². The molecule has 29 heavy (non-hydrogen) atoms. The number of nitrogens with zero attached hydrogens (tertiary/aromatic N) is 3. The summed E-state index contributed by atoms with van der Waals surface area (Å²) in [6.07, 6.45) is 1.70. The molecule has 0 atom stereocenters.